The standard InChI is InChI=1S/C18H15Cl2FN4O2/c1-27-18(26)17-12(21)4-6-25(17)14-8-13(24-7-5-22-9-24)10-2-3-11(19)15(20)16(10)23-14/h2-3,5,7-9,12,17H,4,6H2,1H3/t12-,17-/m0/s1. The molecule has 0 unspecified atom stereocenters. The van der Waals surface area contributed by atoms with Gasteiger partial charge in [-0.3, -0.25) is 0 Å². The molecule has 3 heterocycles. The zero-order valence-electron chi connectivity index (χ0n) is 14.3. The average Bonchev–Trinajstić information content (AvgIpc) is 3.33. The summed E-state index contributed by atoms with van der Waals surface area (Å²) in [6.45, 7) is 0.334. The van der Waals surface area contributed by atoms with E-state index in [4.69, 9.17) is 27.9 Å². The summed E-state index contributed by atoms with van der Waals surface area (Å²) >= 11 is 12.6. The number of carbonyl (C=O) groups excluding carboxylic acids is 1. The van der Waals surface area contributed by atoms with Gasteiger partial charge in [0.1, 0.15) is 12.0 Å². The highest BCUT2D eigenvalue weighted by Gasteiger charge is 2.41. The van der Waals surface area contributed by atoms with Crippen LogP contribution >= 0.6 is 23.2 Å². The first-order valence-electron chi connectivity index (χ1n) is 8.27. The number of carbonyl (C=O) groups is 1. The molecule has 27 heavy (non-hydrogen) atoms. The summed E-state index contributed by atoms with van der Waals surface area (Å²) in [5.74, 6) is -0.214. The number of hydrogen-bond donors (Lipinski definition) is 0. The number of fused-ring (bicyclic) bond motifs is 1. The molecule has 4 rings (SSSR count). The molecule has 2 aromatic heterocycles. The lowest BCUT2D eigenvalue weighted by molar-refractivity contribution is -0.143. The fraction of sp³-hybridized carbons (Fsp3) is 0.278. The number of aromatic nitrogens is 3. The Kier molecular flexibility index (Phi) is 4.65. The number of esters is 1. The minimum absolute atomic E-state index is 0.211. The summed E-state index contributed by atoms with van der Waals surface area (Å²) in [6.07, 6.45) is 3.94. The van der Waals surface area contributed by atoms with Gasteiger partial charge in [-0.2, -0.15) is 0 Å². The molecule has 9 heteroatoms. The van der Waals surface area contributed by atoms with Crippen molar-refractivity contribution >= 4 is 45.9 Å². The normalized spacial score (nSPS) is 19.6. The highest BCUT2D eigenvalue weighted by molar-refractivity contribution is 6.45. The van der Waals surface area contributed by atoms with E-state index in [-0.39, 0.29) is 6.42 Å². The average molecular weight is 409 g/mol. The van der Waals surface area contributed by atoms with Gasteiger partial charge in [0, 0.05) is 30.4 Å². The van der Waals surface area contributed by atoms with Gasteiger partial charge >= 0.3 is 5.97 Å². The van der Waals surface area contributed by atoms with Crippen LogP contribution < -0.4 is 4.90 Å². The summed E-state index contributed by atoms with van der Waals surface area (Å²) in [7, 11) is 1.24. The van der Waals surface area contributed by atoms with Gasteiger partial charge in [-0.1, -0.05) is 23.2 Å². The molecular formula is C18H15Cl2FN4O2. The van der Waals surface area contributed by atoms with Crippen molar-refractivity contribution in [3.05, 3.63) is 47.0 Å². The Morgan fingerprint density at radius 2 is 2.19 bits per heavy atom. The minimum Gasteiger partial charge on any atom is -0.467 e. The summed E-state index contributed by atoms with van der Waals surface area (Å²) < 4.78 is 20.9. The number of rotatable bonds is 3. The maximum atomic E-state index is 14.4. The number of benzene rings is 1. The maximum absolute atomic E-state index is 14.4. The summed E-state index contributed by atoms with van der Waals surface area (Å²) in [5.41, 5.74) is 1.22. The number of anilines is 1. The molecule has 140 valence electrons. The lowest BCUT2D eigenvalue weighted by Crippen LogP contribution is -2.41. The smallest absolute Gasteiger partial charge is 0.331 e. The largest absolute Gasteiger partial charge is 0.467 e. The van der Waals surface area contributed by atoms with Crippen LogP contribution in [0, 0.1) is 0 Å². The summed E-state index contributed by atoms with van der Waals surface area (Å²) in [5, 5.41) is 1.42. The van der Waals surface area contributed by atoms with Crippen molar-refractivity contribution in [1.29, 1.82) is 0 Å². The SMILES string of the molecule is COC(=O)[C@@H]1[C@@H](F)CCN1c1cc(-n2ccnc2)c2ccc(Cl)c(Cl)c2n1. The second-order valence-corrected chi connectivity index (χ2v) is 6.98. The van der Waals surface area contributed by atoms with Gasteiger partial charge in [0.15, 0.2) is 6.04 Å². The number of halogens is 3. The Bertz CT molecular complexity index is 1010. The molecule has 0 saturated carbocycles. The molecule has 6 nitrogen and oxygen atoms in total. The molecule has 0 radical (unpaired) electrons. The monoisotopic (exact) mass is 408 g/mol. The molecule has 1 aromatic carbocycles. The molecule has 1 aliphatic heterocycles. The second-order valence-electron chi connectivity index (χ2n) is 6.19. The number of imidazole rings is 1. The Balaban J connectivity index is 1.94. The van der Waals surface area contributed by atoms with Crippen LogP contribution in [0.4, 0.5) is 10.2 Å². The van der Waals surface area contributed by atoms with E-state index in [9.17, 15) is 9.18 Å². The first-order valence-corrected chi connectivity index (χ1v) is 9.02. The number of ether oxygens (including phenoxy) is 1. The molecule has 0 spiro atoms. The Hall–Kier alpha value is -2.38. The fourth-order valence-electron chi connectivity index (χ4n) is 3.37. The first-order chi connectivity index (χ1) is 13.0. The molecule has 2 atom stereocenters. The molecule has 0 amide bonds. The van der Waals surface area contributed by atoms with Crippen LogP contribution in [0.15, 0.2) is 36.9 Å². The predicted molar refractivity (Wildman–Crippen MR) is 102 cm³/mol. The Morgan fingerprint density at radius 1 is 1.37 bits per heavy atom. The second kappa shape index (κ2) is 6.98. The van der Waals surface area contributed by atoms with Crippen molar-refractivity contribution in [3.63, 3.8) is 0 Å². The van der Waals surface area contributed by atoms with Crippen molar-refractivity contribution in [1.82, 2.24) is 14.5 Å². The van der Waals surface area contributed by atoms with Crippen LogP contribution in [0.3, 0.4) is 0 Å². The zero-order chi connectivity index (χ0) is 19.1. The van der Waals surface area contributed by atoms with Gasteiger partial charge in [-0.15, -0.1) is 0 Å². The predicted octanol–water partition coefficient (Wildman–Crippen LogP) is 3.82. The van der Waals surface area contributed by atoms with Crippen LogP contribution in [0.2, 0.25) is 10.0 Å². The lowest BCUT2D eigenvalue weighted by atomic mass is 10.1. The van der Waals surface area contributed by atoms with E-state index in [2.05, 4.69) is 9.97 Å². The summed E-state index contributed by atoms with van der Waals surface area (Å²) in [4.78, 5) is 22.4. The number of hydrogen-bond acceptors (Lipinski definition) is 5. The van der Waals surface area contributed by atoms with Gasteiger partial charge < -0.3 is 14.2 Å². The number of methoxy groups -OCH3 is 1. The minimum atomic E-state index is -1.33. The van der Waals surface area contributed by atoms with Crippen molar-refractivity contribution < 1.29 is 13.9 Å². The molecule has 1 aliphatic rings. The van der Waals surface area contributed by atoms with Crippen molar-refractivity contribution in [2.45, 2.75) is 18.6 Å². The van der Waals surface area contributed by atoms with E-state index in [1.807, 2.05) is 6.07 Å². The Morgan fingerprint density at radius 3 is 2.89 bits per heavy atom. The van der Waals surface area contributed by atoms with Crippen LogP contribution in [0.1, 0.15) is 6.42 Å². The van der Waals surface area contributed by atoms with E-state index < -0.39 is 18.2 Å². The van der Waals surface area contributed by atoms with Gasteiger partial charge in [0.2, 0.25) is 0 Å². The molecular weight excluding hydrogens is 394 g/mol. The van der Waals surface area contributed by atoms with Crippen molar-refractivity contribution in [2.75, 3.05) is 18.6 Å². The highest BCUT2D eigenvalue weighted by Crippen LogP contribution is 2.36. The molecule has 3 aromatic rings. The molecule has 0 aliphatic carbocycles. The third kappa shape index (κ3) is 3.00. The third-order valence-corrected chi connectivity index (χ3v) is 5.48. The molecule has 1 saturated heterocycles. The zero-order valence-corrected chi connectivity index (χ0v) is 15.8. The van der Waals surface area contributed by atoms with Gasteiger partial charge in [-0.05, 0) is 18.6 Å². The lowest BCUT2D eigenvalue weighted by Gasteiger charge is -2.25. The van der Waals surface area contributed by atoms with Crippen LogP contribution in [-0.4, -0.2) is 46.4 Å². The molecule has 0 bridgehead atoms. The van der Waals surface area contributed by atoms with Crippen LogP contribution in [0.5, 0.6) is 0 Å². The number of pyridine rings is 1. The molecule has 1 fully saturated rings. The molecule has 0 N–H and O–H groups in total. The Labute approximate surface area is 164 Å². The quantitative estimate of drug-likeness (QED) is 0.616. The highest BCUT2D eigenvalue weighted by atomic mass is 35.5. The fourth-order valence-corrected chi connectivity index (χ4v) is 3.73. The van der Waals surface area contributed by atoms with Crippen LogP contribution in [-0.2, 0) is 9.53 Å². The van der Waals surface area contributed by atoms with Gasteiger partial charge in [0.05, 0.1) is 34.7 Å². The first kappa shape index (κ1) is 18.0. The van der Waals surface area contributed by atoms with Crippen LogP contribution in [0.25, 0.3) is 16.6 Å². The van der Waals surface area contributed by atoms with Gasteiger partial charge in [0.25, 0.3) is 0 Å². The van der Waals surface area contributed by atoms with E-state index in [0.717, 1.165) is 11.1 Å². The van der Waals surface area contributed by atoms with Gasteiger partial charge in [-0.25, -0.2) is 19.2 Å². The van der Waals surface area contributed by atoms with E-state index in [0.29, 0.717) is 27.9 Å². The van der Waals surface area contributed by atoms with Crippen molar-refractivity contribution in [3.8, 4) is 5.69 Å². The topological polar surface area (TPSA) is 60.2 Å². The maximum Gasteiger partial charge on any atom is 0.331 e. The number of nitrogens with zero attached hydrogens (tertiary/aromatic N) is 4. The third-order valence-electron chi connectivity index (χ3n) is 4.68. The summed E-state index contributed by atoms with van der Waals surface area (Å²) in [6, 6.07) is 4.24. The van der Waals surface area contributed by atoms with Crippen molar-refractivity contribution in [2.24, 2.45) is 0 Å². The number of alkyl halides is 1. The van der Waals surface area contributed by atoms with E-state index >= 15 is 0 Å². The van der Waals surface area contributed by atoms with E-state index in [1.54, 1.807) is 40.3 Å². The van der Waals surface area contributed by atoms with E-state index in [1.165, 1.54) is 7.11 Å².